The standard InChI is InChI=1S/C18H21NO/c1-13-10-15(18(2,3)4)11-14(17(13)20)12-19-16-8-6-5-7-9-16/h5-12,20H,1-4H3. The monoisotopic (exact) mass is 267 g/mol. The predicted octanol–water partition coefficient (Wildman–Crippen LogP) is 4.75. The first-order chi connectivity index (χ1) is 9.38. The Hall–Kier alpha value is -2.09. The zero-order valence-corrected chi connectivity index (χ0v) is 12.5. The van der Waals surface area contributed by atoms with Gasteiger partial charge in [0, 0.05) is 11.8 Å². The van der Waals surface area contributed by atoms with Crippen LogP contribution in [0.25, 0.3) is 0 Å². The molecule has 2 aromatic rings. The van der Waals surface area contributed by atoms with Crippen molar-refractivity contribution in [3.63, 3.8) is 0 Å². The molecule has 0 aromatic heterocycles. The fraction of sp³-hybridized carbons (Fsp3) is 0.278. The zero-order chi connectivity index (χ0) is 14.8. The van der Waals surface area contributed by atoms with E-state index in [1.54, 1.807) is 6.21 Å². The minimum atomic E-state index is 0.0494. The Morgan fingerprint density at radius 2 is 1.70 bits per heavy atom. The Bertz CT molecular complexity index is 622. The number of phenolic OH excluding ortho intramolecular Hbond substituents is 1. The SMILES string of the molecule is Cc1cc(C(C)(C)C)cc(C=Nc2ccccc2)c1O. The Morgan fingerprint density at radius 1 is 1.05 bits per heavy atom. The average molecular weight is 267 g/mol. The van der Waals surface area contributed by atoms with Crippen LogP contribution >= 0.6 is 0 Å². The number of para-hydroxylation sites is 1. The van der Waals surface area contributed by atoms with Gasteiger partial charge in [0.25, 0.3) is 0 Å². The van der Waals surface area contributed by atoms with Crippen LogP contribution in [-0.4, -0.2) is 11.3 Å². The predicted molar refractivity (Wildman–Crippen MR) is 85.2 cm³/mol. The van der Waals surface area contributed by atoms with Crippen LogP contribution < -0.4 is 0 Å². The molecule has 0 atom stereocenters. The molecule has 104 valence electrons. The van der Waals surface area contributed by atoms with Gasteiger partial charge in [-0.25, -0.2) is 0 Å². The van der Waals surface area contributed by atoms with Crippen molar-refractivity contribution in [1.29, 1.82) is 0 Å². The van der Waals surface area contributed by atoms with Crippen LogP contribution in [0.15, 0.2) is 47.5 Å². The van der Waals surface area contributed by atoms with Crippen molar-refractivity contribution in [2.45, 2.75) is 33.1 Å². The molecule has 0 heterocycles. The third kappa shape index (κ3) is 3.27. The molecule has 20 heavy (non-hydrogen) atoms. The number of aliphatic imine (C=N–C) groups is 1. The van der Waals surface area contributed by atoms with Gasteiger partial charge in [-0.15, -0.1) is 0 Å². The molecule has 0 aliphatic heterocycles. The summed E-state index contributed by atoms with van der Waals surface area (Å²) >= 11 is 0. The molecule has 1 N–H and O–H groups in total. The normalized spacial score (nSPS) is 12.0. The van der Waals surface area contributed by atoms with Crippen LogP contribution in [0.3, 0.4) is 0 Å². The van der Waals surface area contributed by atoms with E-state index in [1.807, 2.05) is 49.4 Å². The van der Waals surface area contributed by atoms with E-state index in [0.717, 1.165) is 16.8 Å². The molecule has 2 aromatic carbocycles. The van der Waals surface area contributed by atoms with Crippen molar-refractivity contribution >= 4 is 11.9 Å². The molecule has 0 unspecified atom stereocenters. The third-order valence-electron chi connectivity index (χ3n) is 3.30. The lowest BCUT2D eigenvalue weighted by atomic mass is 9.85. The molecule has 0 aliphatic rings. The van der Waals surface area contributed by atoms with E-state index in [-0.39, 0.29) is 5.41 Å². The molecular weight excluding hydrogens is 246 g/mol. The minimum Gasteiger partial charge on any atom is -0.507 e. The molecule has 0 fully saturated rings. The molecule has 0 saturated heterocycles. The summed E-state index contributed by atoms with van der Waals surface area (Å²) in [4.78, 5) is 4.42. The fourth-order valence-corrected chi connectivity index (χ4v) is 2.00. The summed E-state index contributed by atoms with van der Waals surface area (Å²) in [7, 11) is 0. The van der Waals surface area contributed by atoms with Crippen LogP contribution in [0.2, 0.25) is 0 Å². The molecule has 0 spiro atoms. The number of hydrogen-bond donors (Lipinski definition) is 1. The summed E-state index contributed by atoms with van der Waals surface area (Å²) in [5.74, 6) is 0.303. The van der Waals surface area contributed by atoms with E-state index >= 15 is 0 Å². The van der Waals surface area contributed by atoms with Crippen LogP contribution in [-0.2, 0) is 5.41 Å². The topological polar surface area (TPSA) is 32.6 Å². The third-order valence-corrected chi connectivity index (χ3v) is 3.30. The number of aryl methyl sites for hydroxylation is 1. The lowest BCUT2D eigenvalue weighted by Gasteiger charge is -2.21. The van der Waals surface area contributed by atoms with Crippen LogP contribution in [0.4, 0.5) is 5.69 Å². The van der Waals surface area contributed by atoms with Crippen LogP contribution in [0, 0.1) is 6.92 Å². The van der Waals surface area contributed by atoms with Crippen molar-refractivity contribution in [2.24, 2.45) is 4.99 Å². The van der Waals surface area contributed by atoms with Gasteiger partial charge in [-0.1, -0.05) is 45.0 Å². The number of phenols is 1. The molecule has 0 saturated carbocycles. The van der Waals surface area contributed by atoms with Gasteiger partial charge in [-0.2, -0.15) is 0 Å². The number of aromatic hydroxyl groups is 1. The first-order valence-electron chi connectivity index (χ1n) is 6.81. The smallest absolute Gasteiger partial charge is 0.127 e. The van der Waals surface area contributed by atoms with Crippen molar-refractivity contribution < 1.29 is 5.11 Å². The maximum absolute atomic E-state index is 10.2. The van der Waals surface area contributed by atoms with Gasteiger partial charge >= 0.3 is 0 Å². The second kappa shape index (κ2) is 5.49. The summed E-state index contributed by atoms with van der Waals surface area (Å²) in [6.07, 6.45) is 1.73. The van der Waals surface area contributed by atoms with Gasteiger partial charge in [0.2, 0.25) is 0 Å². The average Bonchev–Trinajstić information content (AvgIpc) is 2.40. The highest BCUT2D eigenvalue weighted by molar-refractivity contribution is 5.86. The number of nitrogens with zero attached hydrogens (tertiary/aromatic N) is 1. The summed E-state index contributed by atoms with van der Waals surface area (Å²) in [6.45, 7) is 8.41. The molecule has 2 heteroatoms. The lowest BCUT2D eigenvalue weighted by Crippen LogP contribution is -2.12. The van der Waals surface area contributed by atoms with Crippen molar-refractivity contribution in [2.75, 3.05) is 0 Å². The maximum Gasteiger partial charge on any atom is 0.127 e. The molecule has 0 amide bonds. The summed E-state index contributed by atoms with van der Waals surface area (Å²) in [5, 5.41) is 10.2. The van der Waals surface area contributed by atoms with Crippen molar-refractivity contribution in [3.8, 4) is 5.75 Å². The fourth-order valence-electron chi connectivity index (χ4n) is 2.00. The number of benzene rings is 2. The number of rotatable bonds is 2. The van der Waals surface area contributed by atoms with Crippen LogP contribution in [0.5, 0.6) is 5.75 Å². The maximum atomic E-state index is 10.2. The lowest BCUT2D eigenvalue weighted by molar-refractivity contribution is 0.469. The van der Waals surface area contributed by atoms with E-state index < -0.39 is 0 Å². The van der Waals surface area contributed by atoms with Gasteiger partial charge in [0.05, 0.1) is 5.69 Å². The summed E-state index contributed by atoms with van der Waals surface area (Å²) in [6, 6.07) is 13.8. The second-order valence-corrected chi connectivity index (χ2v) is 6.07. The first-order valence-corrected chi connectivity index (χ1v) is 6.81. The molecule has 0 aliphatic carbocycles. The van der Waals surface area contributed by atoms with Gasteiger partial charge < -0.3 is 5.11 Å². The Balaban J connectivity index is 2.41. The van der Waals surface area contributed by atoms with Gasteiger partial charge in [0.1, 0.15) is 5.75 Å². The molecule has 0 radical (unpaired) electrons. The minimum absolute atomic E-state index is 0.0494. The van der Waals surface area contributed by atoms with Gasteiger partial charge in [-0.05, 0) is 41.7 Å². The highest BCUT2D eigenvalue weighted by atomic mass is 16.3. The highest BCUT2D eigenvalue weighted by Crippen LogP contribution is 2.30. The molecule has 2 rings (SSSR count). The van der Waals surface area contributed by atoms with Crippen molar-refractivity contribution in [3.05, 3.63) is 59.2 Å². The van der Waals surface area contributed by atoms with E-state index in [4.69, 9.17) is 0 Å². The second-order valence-electron chi connectivity index (χ2n) is 6.07. The molecule has 0 bridgehead atoms. The first kappa shape index (κ1) is 14.3. The van der Waals surface area contributed by atoms with Crippen LogP contribution in [0.1, 0.15) is 37.5 Å². The van der Waals surface area contributed by atoms with E-state index in [9.17, 15) is 5.11 Å². The largest absolute Gasteiger partial charge is 0.507 e. The summed E-state index contributed by atoms with van der Waals surface area (Å²) < 4.78 is 0. The Kier molecular flexibility index (Phi) is 3.93. The summed E-state index contributed by atoms with van der Waals surface area (Å²) in [5.41, 5.74) is 3.77. The quantitative estimate of drug-likeness (QED) is 0.782. The van der Waals surface area contributed by atoms with E-state index in [2.05, 4.69) is 25.8 Å². The highest BCUT2D eigenvalue weighted by Gasteiger charge is 2.16. The van der Waals surface area contributed by atoms with Crippen molar-refractivity contribution in [1.82, 2.24) is 0 Å². The number of hydrogen-bond acceptors (Lipinski definition) is 2. The molecular formula is C18H21NO. The van der Waals surface area contributed by atoms with Gasteiger partial charge in [0.15, 0.2) is 0 Å². The molecule has 2 nitrogen and oxygen atoms in total. The van der Waals surface area contributed by atoms with Gasteiger partial charge in [-0.3, -0.25) is 4.99 Å². The van der Waals surface area contributed by atoms with E-state index in [0.29, 0.717) is 5.75 Å². The Labute approximate surface area is 120 Å². The van der Waals surface area contributed by atoms with E-state index in [1.165, 1.54) is 5.56 Å². The zero-order valence-electron chi connectivity index (χ0n) is 12.5. The Morgan fingerprint density at radius 3 is 2.30 bits per heavy atom.